The fourth-order valence-electron chi connectivity index (χ4n) is 1.21. The van der Waals surface area contributed by atoms with Crippen LogP contribution in [0.25, 0.3) is 0 Å². The van der Waals surface area contributed by atoms with Crippen LogP contribution in [0.15, 0.2) is 24.3 Å². The highest BCUT2D eigenvalue weighted by atomic mass is 32.3. The molecule has 1 aromatic rings. The first-order valence-corrected chi connectivity index (χ1v) is 5.98. The maximum Gasteiger partial charge on any atom is 0.309 e. The summed E-state index contributed by atoms with van der Waals surface area (Å²) in [6, 6.07) is 6.77. The third kappa shape index (κ3) is 2.92. The van der Waals surface area contributed by atoms with Crippen molar-refractivity contribution in [2.75, 3.05) is 19.0 Å². The number of nitrogens with zero attached hydrogens (tertiary/aromatic N) is 1. The van der Waals surface area contributed by atoms with E-state index in [-0.39, 0.29) is 0 Å². The Morgan fingerprint density at radius 1 is 1.20 bits per heavy atom. The first-order chi connectivity index (χ1) is 6.82. The van der Waals surface area contributed by atoms with Crippen LogP contribution in [0.2, 0.25) is 0 Å². The number of anilines is 1. The Kier molecular flexibility index (Phi) is 3.34. The van der Waals surface area contributed by atoms with Crippen molar-refractivity contribution in [3.8, 4) is 0 Å². The second-order valence-electron chi connectivity index (χ2n) is 3.60. The minimum absolute atomic E-state index is 0.461. The van der Waals surface area contributed by atoms with Gasteiger partial charge < -0.3 is 4.90 Å². The van der Waals surface area contributed by atoms with Crippen molar-refractivity contribution in [3.05, 3.63) is 29.8 Å². The van der Waals surface area contributed by atoms with Gasteiger partial charge in [0, 0.05) is 19.8 Å². The number of hydrogen-bond acceptors (Lipinski definition) is 3. The zero-order valence-corrected chi connectivity index (χ0v) is 9.75. The Bertz CT molecular complexity index is 425. The van der Waals surface area contributed by atoms with Gasteiger partial charge in [0.2, 0.25) is 0 Å². The molecule has 84 valence electrons. The van der Waals surface area contributed by atoms with Crippen molar-refractivity contribution in [1.29, 1.82) is 0 Å². The zero-order chi connectivity index (χ0) is 11.6. The molecule has 0 aromatic heterocycles. The zero-order valence-electron chi connectivity index (χ0n) is 8.94. The third-order valence-corrected chi connectivity index (χ3v) is 3.42. The van der Waals surface area contributed by atoms with E-state index < -0.39 is 15.5 Å². The smallest absolute Gasteiger partial charge is 0.309 e. The first kappa shape index (κ1) is 12.0. The van der Waals surface area contributed by atoms with Crippen LogP contribution >= 0.6 is 0 Å². The minimum atomic E-state index is -4.50. The number of rotatable bonds is 3. The molecule has 0 N–H and O–H groups in total. The van der Waals surface area contributed by atoms with Gasteiger partial charge in [0.25, 0.3) is 0 Å². The third-order valence-electron chi connectivity index (χ3n) is 2.30. The summed E-state index contributed by atoms with van der Waals surface area (Å²) in [5.41, 5.74) is 1.41. The standard InChI is InChI=1S/C10H14FNO2S/c1-8(15(11,13)14)9-4-6-10(7-5-9)12(2)3/h4-8H,1-3H3. The van der Waals surface area contributed by atoms with Gasteiger partial charge in [-0.2, -0.15) is 8.42 Å². The molecule has 1 unspecified atom stereocenters. The predicted molar refractivity (Wildman–Crippen MR) is 59.2 cm³/mol. The first-order valence-electron chi connectivity index (χ1n) is 4.53. The molecule has 5 heteroatoms. The maximum absolute atomic E-state index is 12.7. The summed E-state index contributed by atoms with van der Waals surface area (Å²) in [6.07, 6.45) is 0. The van der Waals surface area contributed by atoms with Gasteiger partial charge >= 0.3 is 10.2 Å². The van der Waals surface area contributed by atoms with E-state index in [0.29, 0.717) is 5.56 Å². The Hall–Kier alpha value is -1.10. The molecule has 15 heavy (non-hydrogen) atoms. The van der Waals surface area contributed by atoms with Gasteiger partial charge in [-0.05, 0) is 24.6 Å². The second-order valence-corrected chi connectivity index (χ2v) is 5.26. The molecule has 0 heterocycles. The maximum atomic E-state index is 12.7. The molecule has 1 rings (SSSR count). The lowest BCUT2D eigenvalue weighted by molar-refractivity contribution is 0.540. The Balaban J connectivity index is 3.00. The molecular weight excluding hydrogens is 217 g/mol. The van der Waals surface area contributed by atoms with Gasteiger partial charge in [-0.15, -0.1) is 3.89 Å². The summed E-state index contributed by atoms with van der Waals surface area (Å²) >= 11 is 0. The Labute approximate surface area is 89.7 Å². The number of benzene rings is 1. The monoisotopic (exact) mass is 231 g/mol. The van der Waals surface area contributed by atoms with Crippen LogP contribution in [0.3, 0.4) is 0 Å². The molecule has 3 nitrogen and oxygen atoms in total. The Morgan fingerprint density at radius 3 is 2.00 bits per heavy atom. The lowest BCUT2D eigenvalue weighted by Gasteiger charge is -2.13. The van der Waals surface area contributed by atoms with Crippen LogP contribution in [0.1, 0.15) is 17.7 Å². The van der Waals surface area contributed by atoms with Crippen molar-refractivity contribution < 1.29 is 12.3 Å². The van der Waals surface area contributed by atoms with E-state index in [9.17, 15) is 12.3 Å². The summed E-state index contributed by atoms with van der Waals surface area (Å²) in [5.74, 6) is 0. The van der Waals surface area contributed by atoms with Crippen LogP contribution in [-0.2, 0) is 10.2 Å². The molecule has 0 saturated heterocycles. The van der Waals surface area contributed by atoms with Gasteiger partial charge in [0.15, 0.2) is 0 Å². The summed E-state index contributed by atoms with van der Waals surface area (Å²) in [4.78, 5) is 1.89. The SMILES string of the molecule is CC(c1ccc(N(C)C)cc1)S(=O)(=O)F. The van der Waals surface area contributed by atoms with E-state index in [2.05, 4.69) is 0 Å². The largest absolute Gasteiger partial charge is 0.378 e. The van der Waals surface area contributed by atoms with Crippen LogP contribution in [0, 0.1) is 0 Å². The molecule has 0 bridgehead atoms. The van der Waals surface area contributed by atoms with Crippen molar-refractivity contribution in [1.82, 2.24) is 0 Å². The molecule has 0 radical (unpaired) electrons. The predicted octanol–water partition coefficient (Wildman–Crippen LogP) is 2.11. The van der Waals surface area contributed by atoms with Gasteiger partial charge in [-0.3, -0.25) is 0 Å². The van der Waals surface area contributed by atoms with E-state index in [1.807, 2.05) is 19.0 Å². The van der Waals surface area contributed by atoms with E-state index in [1.165, 1.54) is 6.92 Å². The quantitative estimate of drug-likeness (QED) is 0.748. The molecular formula is C10H14FNO2S. The average molecular weight is 231 g/mol. The van der Waals surface area contributed by atoms with Crippen LogP contribution < -0.4 is 4.90 Å². The van der Waals surface area contributed by atoms with E-state index in [0.717, 1.165) is 5.69 Å². The lowest BCUT2D eigenvalue weighted by atomic mass is 10.1. The molecule has 1 aromatic carbocycles. The van der Waals surface area contributed by atoms with E-state index in [1.54, 1.807) is 24.3 Å². The summed E-state index contributed by atoms with van der Waals surface area (Å²) < 4.78 is 34.0. The highest BCUT2D eigenvalue weighted by Crippen LogP contribution is 2.24. The topological polar surface area (TPSA) is 37.4 Å². The van der Waals surface area contributed by atoms with Gasteiger partial charge in [0.05, 0.1) is 0 Å². The van der Waals surface area contributed by atoms with Gasteiger partial charge in [-0.25, -0.2) is 0 Å². The van der Waals surface area contributed by atoms with Crippen LogP contribution in [0.5, 0.6) is 0 Å². The number of halogens is 1. The minimum Gasteiger partial charge on any atom is -0.378 e. The lowest BCUT2D eigenvalue weighted by Crippen LogP contribution is -2.09. The molecule has 0 aliphatic rings. The highest BCUT2D eigenvalue weighted by Gasteiger charge is 2.21. The van der Waals surface area contributed by atoms with E-state index >= 15 is 0 Å². The summed E-state index contributed by atoms with van der Waals surface area (Å²) in [5, 5.41) is -1.10. The summed E-state index contributed by atoms with van der Waals surface area (Å²) in [7, 11) is -0.744. The van der Waals surface area contributed by atoms with Gasteiger partial charge in [-0.1, -0.05) is 12.1 Å². The van der Waals surface area contributed by atoms with E-state index in [4.69, 9.17) is 0 Å². The average Bonchev–Trinajstić information content (AvgIpc) is 2.15. The summed E-state index contributed by atoms with van der Waals surface area (Å²) in [6.45, 7) is 1.33. The molecule has 0 fully saturated rings. The molecule has 1 atom stereocenters. The molecule has 0 aliphatic carbocycles. The van der Waals surface area contributed by atoms with Crippen molar-refractivity contribution >= 4 is 15.9 Å². The van der Waals surface area contributed by atoms with Crippen molar-refractivity contribution in [2.24, 2.45) is 0 Å². The van der Waals surface area contributed by atoms with Crippen LogP contribution in [0.4, 0.5) is 9.57 Å². The molecule has 0 saturated carbocycles. The highest BCUT2D eigenvalue weighted by molar-refractivity contribution is 7.86. The second kappa shape index (κ2) is 4.18. The fourth-order valence-corrected chi connectivity index (χ4v) is 1.69. The fraction of sp³-hybridized carbons (Fsp3) is 0.400. The van der Waals surface area contributed by atoms with Crippen LogP contribution in [-0.4, -0.2) is 22.5 Å². The molecule has 0 aliphatic heterocycles. The molecule has 0 spiro atoms. The van der Waals surface area contributed by atoms with Crippen molar-refractivity contribution in [2.45, 2.75) is 12.2 Å². The molecule has 0 amide bonds. The normalized spacial score (nSPS) is 13.6. The van der Waals surface area contributed by atoms with Crippen molar-refractivity contribution in [3.63, 3.8) is 0 Å². The number of hydrogen-bond donors (Lipinski definition) is 0. The van der Waals surface area contributed by atoms with Gasteiger partial charge in [0.1, 0.15) is 5.25 Å². The Morgan fingerprint density at radius 2 is 1.67 bits per heavy atom.